The van der Waals surface area contributed by atoms with E-state index >= 15 is 0 Å². The number of nitrogens with zero attached hydrogens (tertiary/aromatic N) is 4. The molecule has 0 saturated carbocycles. The third-order valence-electron chi connectivity index (χ3n) is 16.8. The van der Waals surface area contributed by atoms with Crippen molar-refractivity contribution < 1.29 is 0 Å². The van der Waals surface area contributed by atoms with Crippen molar-refractivity contribution in [1.29, 1.82) is 0 Å². The Hall–Kier alpha value is -9.90. The van der Waals surface area contributed by atoms with Gasteiger partial charge in [0.15, 0.2) is 0 Å². The van der Waals surface area contributed by atoms with Gasteiger partial charge in [0.05, 0.1) is 55.2 Å². The number of aromatic nitrogens is 4. The number of hydrogen-bond donors (Lipinski definition) is 0. The molecule has 0 fully saturated rings. The molecule has 0 aliphatic heterocycles. The minimum atomic E-state index is 1.17. The van der Waals surface area contributed by atoms with Crippen LogP contribution in [0, 0.1) is 0 Å². The number of rotatable bonds is 4. The highest BCUT2D eigenvalue weighted by Gasteiger charge is 2.26. The zero-order valence-electron chi connectivity index (χ0n) is 39.9. The Morgan fingerprint density at radius 3 is 1.24 bits per heavy atom. The van der Waals surface area contributed by atoms with Crippen molar-refractivity contribution in [2.75, 3.05) is 0 Å². The summed E-state index contributed by atoms with van der Waals surface area (Å²) in [6, 6.07) is 90.6. The number of para-hydroxylation sites is 7. The topological polar surface area (TPSA) is 18.7 Å². The number of benzene rings is 12. The summed E-state index contributed by atoms with van der Waals surface area (Å²) in [5, 5.41) is 17.8. The first kappa shape index (κ1) is 38.8. The van der Waals surface area contributed by atoms with Gasteiger partial charge in [-0.25, -0.2) is 0 Å². The molecular weight excluding hydrogens is 897 g/mol. The van der Waals surface area contributed by atoms with E-state index in [0.717, 1.165) is 0 Å². The lowest BCUT2D eigenvalue weighted by atomic mass is 9.94. The van der Waals surface area contributed by atoms with E-state index in [0.29, 0.717) is 0 Å². The quantitative estimate of drug-likeness (QED) is 0.167. The van der Waals surface area contributed by atoms with Crippen molar-refractivity contribution in [1.82, 2.24) is 17.9 Å². The van der Waals surface area contributed by atoms with Crippen molar-refractivity contribution in [2.24, 2.45) is 0 Å². The summed E-state index contributed by atoms with van der Waals surface area (Å²) in [4.78, 5) is 0. The second-order valence-electron chi connectivity index (χ2n) is 20.4. The first-order valence-electron chi connectivity index (χ1n) is 25.7. The van der Waals surface area contributed by atoms with E-state index < -0.39 is 0 Å². The number of hydrogen-bond acceptors (Lipinski definition) is 0. The fourth-order valence-electron chi connectivity index (χ4n) is 13.8. The first-order valence-corrected chi connectivity index (χ1v) is 25.7. The summed E-state index contributed by atoms with van der Waals surface area (Å²) in [5.41, 5.74) is 19.6. The molecule has 0 radical (unpaired) electrons. The average Bonchev–Trinajstić information content (AvgIpc) is 4.41. The molecule has 0 aliphatic rings. The minimum absolute atomic E-state index is 1.17. The van der Waals surface area contributed by atoms with Gasteiger partial charge in [-0.15, -0.1) is 0 Å². The number of fused-ring (bicyclic) bond motifs is 20. The predicted octanol–water partition coefficient (Wildman–Crippen LogP) is 18.7. The minimum Gasteiger partial charge on any atom is -0.309 e. The highest BCUT2D eigenvalue weighted by atomic mass is 15.0. The van der Waals surface area contributed by atoms with E-state index in [2.05, 4.69) is 261 Å². The SMILES string of the molecule is c1ccc(-n2c3ccccc3c3cc(-c4cccc5c6cccc7c8cc9c(cc8n(c45)c76)c4cccc5c6c7ccccc7cc(-c7ccc8c(c7)c7ccccc7n8-c7ccccc7)c6n9c45)ccc32)cc1. The summed E-state index contributed by atoms with van der Waals surface area (Å²) < 4.78 is 10.0. The molecule has 18 aromatic rings. The van der Waals surface area contributed by atoms with E-state index in [1.165, 1.54) is 164 Å². The van der Waals surface area contributed by atoms with Crippen LogP contribution < -0.4 is 0 Å². The summed E-state index contributed by atoms with van der Waals surface area (Å²) in [6.45, 7) is 0. The van der Waals surface area contributed by atoms with Crippen LogP contribution in [0.25, 0.3) is 164 Å². The lowest BCUT2D eigenvalue weighted by molar-refractivity contribution is 1.18. The maximum Gasteiger partial charge on any atom is 0.0626 e. The van der Waals surface area contributed by atoms with Crippen molar-refractivity contribution in [3.05, 3.63) is 243 Å². The van der Waals surface area contributed by atoms with Gasteiger partial charge in [0.25, 0.3) is 0 Å². The molecule has 340 valence electrons. The van der Waals surface area contributed by atoms with Gasteiger partial charge in [0, 0.05) is 87.1 Å². The van der Waals surface area contributed by atoms with Gasteiger partial charge in [0.1, 0.15) is 0 Å². The molecule has 18 rings (SSSR count). The fourth-order valence-corrected chi connectivity index (χ4v) is 13.8. The fraction of sp³-hybridized carbons (Fsp3) is 0. The van der Waals surface area contributed by atoms with Crippen LogP contribution in [0.5, 0.6) is 0 Å². The molecule has 0 N–H and O–H groups in total. The third-order valence-corrected chi connectivity index (χ3v) is 16.8. The Bertz CT molecular complexity index is 5420. The zero-order valence-corrected chi connectivity index (χ0v) is 39.9. The Morgan fingerprint density at radius 1 is 0.216 bits per heavy atom. The molecule has 74 heavy (non-hydrogen) atoms. The van der Waals surface area contributed by atoms with Crippen LogP contribution in [0.4, 0.5) is 0 Å². The Kier molecular flexibility index (Phi) is 7.31. The van der Waals surface area contributed by atoms with E-state index in [1.54, 1.807) is 0 Å². The highest BCUT2D eigenvalue weighted by molar-refractivity contribution is 6.33. The molecule has 0 unspecified atom stereocenters. The largest absolute Gasteiger partial charge is 0.309 e. The second-order valence-corrected chi connectivity index (χ2v) is 20.4. The van der Waals surface area contributed by atoms with Gasteiger partial charge in [-0.05, 0) is 101 Å². The van der Waals surface area contributed by atoms with Crippen LogP contribution in [0.3, 0.4) is 0 Å². The molecule has 4 heteroatoms. The predicted molar refractivity (Wildman–Crippen MR) is 313 cm³/mol. The average molecular weight is 937 g/mol. The Labute approximate surface area is 422 Å². The smallest absolute Gasteiger partial charge is 0.0626 e. The van der Waals surface area contributed by atoms with Gasteiger partial charge < -0.3 is 17.9 Å². The maximum absolute atomic E-state index is 2.62. The molecule has 0 aliphatic carbocycles. The molecule has 0 bridgehead atoms. The van der Waals surface area contributed by atoms with Crippen molar-refractivity contribution in [3.8, 4) is 33.6 Å². The Balaban J connectivity index is 0.924. The Morgan fingerprint density at radius 2 is 0.635 bits per heavy atom. The van der Waals surface area contributed by atoms with Gasteiger partial charge in [-0.3, -0.25) is 0 Å². The van der Waals surface area contributed by atoms with Gasteiger partial charge in [0.2, 0.25) is 0 Å². The molecular formula is C70H40N4. The van der Waals surface area contributed by atoms with Gasteiger partial charge in [-0.2, -0.15) is 0 Å². The summed E-state index contributed by atoms with van der Waals surface area (Å²) in [7, 11) is 0. The molecule has 0 atom stereocenters. The van der Waals surface area contributed by atoms with Crippen LogP contribution in [-0.2, 0) is 0 Å². The molecule has 0 amide bonds. The van der Waals surface area contributed by atoms with Crippen molar-refractivity contribution in [2.45, 2.75) is 0 Å². The molecule has 0 spiro atoms. The van der Waals surface area contributed by atoms with E-state index in [1.807, 2.05) is 0 Å². The van der Waals surface area contributed by atoms with Crippen molar-refractivity contribution in [3.63, 3.8) is 0 Å². The monoisotopic (exact) mass is 936 g/mol. The van der Waals surface area contributed by atoms with Crippen LogP contribution in [-0.4, -0.2) is 17.9 Å². The van der Waals surface area contributed by atoms with Gasteiger partial charge in [-0.1, -0.05) is 164 Å². The van der Waals surface area contributed by atoms with Crippen LogP contribution in [0.1, 0.15) is 0 Å². The van der Waals surface area contributed by atoms with Crippen LogP contribution >= 0.6 is 0 Å². The molecule has 6 heterocycles. The van der Waals surface area contributed by atoms with Crippen LogP contribution in [0.2, 0.25) is 0 Å². The van der Waals surface area contributed by atoms with Gasteiger partial charge >= 0.3 is 0 Å². The lowest BCUT2D eigenvalue weighted by Crippen LogP contribution is -1.93. The van der Waals surface area contributed by atoms with Crippen molar-refractivity contribution >= 4 is 131 Å². The third kappa shape index (κ3) is 4.83. The zero-order chi connectivity index (χ0) is 47.9. The lowest BCUT2D eigenvalue weighted by Gasteiger charge is -2.12. The normalized spacial score (nSPS) is 12.6. The summed E-state index contributed by atoms with van der Waals surface area (Å²) in [5.74, 6) is 0. The maximum atomic E-state index is 2.62. The molecule has 12 aromatic carbocycles. The first-order chi connectivity index (χ1) is 36.7. The molecule has 4 nitrogen and oxygen atoms in total. The molecule has 0 saturated heterocycles. The van der Waals surface area contributed by atoms with E-state index in [9.17, 15) is 0 Å². The summed E-state index contributed by atoms with van der Waals surface area (Å²) >= 11 is 0. The van der Waals surface area contributed by atoms with E-state index in [-0.39, 0.29) is 0 Å². The van der Waals surface area contributed by atoms with Crippen LogP contribution in [0.15, 0.2) is 243 Å². The standard InChI is InChI=1S/C70H40N4/c1-3-17-44(18-4-1)71-60-30-11-9-22-48(60)56-37-42(32-34-62(56)71)47-24-13-25-50-51-26-14-27-52-58-40-65-59(39-64(58)73(67(47)50)68(51)52)53-28-15-29-54-66-46-21-8-7-16-41(46)36-55(70(66)74(65)69(53)54)43-33-35-63-57(38-43)49-23-10-12-31-61(49)72(63)45-19-5-2-6-20-45/h1-40H. The summed E-state index contributed by atoms with van der Waals surface area (Å²) in [6.07, 6.45) is 0. The van der Waals surface area contributed by atoms with E-state index in [4.69, 9.17) is 0 Å². The molecule has 6 aromatic heterocycles. The highest BCUT2D eigenvalue weighted by Crippen LogP contribution is 2.50. The second kappa shape index (κ2) is 13.9.